The monoisotopic (exact) mass is 256 g/mol. The quantitative estimate of drug-likeness (QED) is 0.840. The van der Waals surface area contributed by atoms with E-state index in [1.165, 1.54) is 16.9 Å². The van der Waals surface area contributed by atoms with Gasteiger partial charge in [-0.3, -0.25) is 0 Å². The first kappa shape index (κ1) is 12.1. The molecule has 0 saturated carbocycles. The Morgan fingerprint density at radius 2 is 2.16 bits per heavy atom. The van der Waals surface area contributed by atoms with Crippen LogP contribution in [0.15, 0.2) is 30.7 Å². The second-order valence-corrected chi connectivity index (χ2v) is 5.41. The van der Waals surface area contributed by atoms with Crippen molar-refractivity contribution >= 4 is 11.4 Å². The van der Waals surface area contributed by atoms with Crippen molar-refractivity contribution in [1.29, 1.82) is 0 Å². The van der Waals surface area contributed by atoms with Gasteiger partial charge >= 0.3 is 0 Å². The van der Waals surface area contributed by atoms with Crippen LogP contribution in [0.5, 0.6) is 0 Å². The van der Waals surface area contributed by atoms with Crippen LogP contribution in [0, 0.1) is 0 Å². The first-order valence-corrected chi connectivity index (χ1v) is 6.65. The fourth-order valence-electron chi connectivity index (χ4n) is 2.62. The van der Waals surface area contributed by atoms with Crippen LogP contribution >= 0.6 is 0 Å². The van der Waals surface area contributed by atoms with E-state index in [0.29, 0.717) is 0 Å². The minimum Gasteiger partial charge on any atom is -0.378 e. The average molecular weight is 256 g/mol. The molecule has 3 rings (SSSR count). The summed E-state index contributed by atoms with van der Waals surface area (Å²) in [6, 6.07) is 6.73. The highest BCUT2D eigenvalue weighted by atomic mass is 15.2. The fraction of sp³-hybridized carbons (Fsp3) is 0.400. The molecule has 0 N–H and O–H groups in total. The van der Waals surface area contributed by atoms with Gasteiger partial charge in [0.25, 0.3) is 0 Å². The highest BCUT2D eigenvalue weighted by molar-refractivity contribution is 5.66. The lowest BCUT2D eigenvalue weighted by Crippen LogP contribution is -2.20. The predicted molar refractivity (Wildman–Crippen MR) is 78.7 cm³/mol. The molecular weight excluding hydrogens is 236 g/mol. The summed E-state index contributed by atoms with van der Waals surface area (Å²) in [5.74, 6) is 0. The summed E-state index contributed by atoms with van der Waals surface area (Å²) in [5.41, 5.74) is 5.19. The summed E-state index contributed by atoms with van der Waals surface area (Å²) in [6.07, 6.45) is 5.09. The molecule has 19 heavy (non-hydrogen) atoms. The molecular formula is C15H20N4. The van der Waals surface area contributed by atoms with Crippen LogP contribution in [0.25, 0.3) is 0 Å². The number of aromatic nitrogens is 2. The van der Waals surface area contributed by atoms with Crippen molar-refractivity contribution in [2.24, 2.45) is 7.05 Å². The van der Waals surface area contributed by atoms with Crippen molar-refractivity contribution in [1.82, 2.24) is 9.55 Å². The van der Waals surface area contributed by atoms with Crippen LogP contribution in [0.2, 0.25) is 0 Å². The molecule has 0 unspecified atom stereocenters. The average Bonchev–Trinajstić information content (AvgIpc) is 2.96. The molecule has 2 heterocycles. The lowest BCUT2D eigenvalue weighted by molar-refractivity contribution is 0.818. The Morgan fingerprint density at radius 3 is 2.84 bits per heavy atom. The number of hydrogen-bond donors (Lipinski definition) is 0. The zero-order chi connectivity index (χ0) is 13.4. The van der Waals surface area contributed by atoms with E-state index in [4.69, 9.17) is 0 Å². The van der Waals surface area contributed by atoms with E-state index >= 15 is 0 Å². The molecule has 2 aromatic rings. The van der Waals surface area contributed by atoms with Gasteiger partial charge in [-0.1, -0.05) is 6.07 Å². The van der Waals surface area contributed by atoms with Crippen LogP contribution in [0.3, 0.4) is 0 Å². The summed E-state index contributed by atoms with van der Waals surface area (Å²) in [6.45, 7) is 1.98. The Morgan fingerprint density at radius 1 is 1.32 bits per heavy atom. The molecule has 1 aromatic carbocycles. The lowest BCUT2D eigenvalue weighted by atomic mass is 10.1. The van der Waals surface area contributed by atoms with Gasteiger partial charge < -0.3 is 14.4 Å². The molecule has 0 fully saturated rings. The SMILES string of the molecule is CN(C)c1ccc2c(c1)N(Cc1cn(C)cn1)CC2. The number of imidazole rings is 1. The summed E-state index contributed by atoms with van der Waals surface area (Å²) >= 11 is 0. The van der Waals surface area contributed by atoms with E-state index in [0.717, 1.165) is 25.2 Å². The van der Waals surface area contributed by atoms with Crippen LogP contribution in [0.1, 0.15) is 11.3 Å². The lowest BCUT2D eigenvalue weighted by Gasteiger charge is -2.20. The maximum atomic E-state index is 4.42. The number of nitrogens with zero attached hydrogens (tertiary/aromatic N) is 4. The van der Waals surface area contributed by atoms with E-state index < -0.39 is 0 Å². The Kier molecular flexibility index (Phi) is 2.93. The first-order chi connectivity index (χ1) is 9.13. The Balaban J connectivity index is 1.86. The fourth-order valence-corrected chi connectivity index (χ4v) is 2.62. The Hall–Kier alpha value is -1.97. The molecule has 0 saturated heterocycles. The molecule has 1 aromatic heterocycles. The second kappa shape index (κ2) is 4.61. The van der Waals surface area contributed by atoms with E-state index in [1.807, 2.05) is 17.9 Å². The van der Waals surface area contributed by atoms with E-state index in [-0.39, 0.29) is 0 Å². The van der Waals surface area contributed by atoms with Gasteiger partial charge in [-0.15, -0.1) is 0 Å². The normalized spacial score (nSPS) is 13.7. The molecule has 0 spiro atoms. The number of benzene rings is 1. The number of aryl methyl sites for hydroxylation is 1. The number of rotatable bonds is 3. The van der Waals surface area contributed by atoms with Gasteiger partial charge in [-0.25, -0.2) is 4.98 Å². The molecule has 0 bridgehead atoms. The van der Waals surface area contributed by atoms with E-state index in [1.54, 1.807) is 0 Å². The molecule has 4 heteroatoms. The predicted octanol–water partition coefficient (Wildman–Crippen LogP) is 2.05. The smallest absolute Gasteiger partial charge is 0.0947 e. The maximum absolute atomic E-state index is 4.42. The largest absolute Gasteiger partial charge is 0.378 e. The van der Waals surface area contributed by atoms with Crippen molar-refractivity contribution in [3.63, 3.8) is 0 Å². The molecule has 0 atom stereocenters. The molecule has 0 aliphatic carbocycles. The highest BCUT2D eigenvalue weighted by Gasteiger charge is 2.20. The Labute approximate surface area is 114 Å². The topological polar surface area (TPSA) is 24.3 Å². The molecule has 100 valence electrons. The standard InChI is InChI=1S/C15H20N4/c1-17(2)14-5-4-12-6-7-19(15(12)8-14)10-13-9-18(3)11-16-13/h4-5,8-9,11H,6-7,10H2,1-3H3. The zero-order valence-corrected chi connectivity index (χ0v) is 11.8. The summed E-state index contributed by atoms with van der Waals surface area (Å²) in [4.78, 5) is 8.99. The third kappa shape index (κ3) is 2.30. The third-order valence-electron chi connectivity index (χ3n) is 3.69. The van der Waals surface area contributed by atoms with Crippen molar-refractivity contribution in [2.75, 3.05) is 30.4 Å². The molecule has 0 radical (unpaired) electrons. The van der Waals surface area contributed by atoms with Crippen LogP contribution in [0.4, 0.5) is 11.4 Å². The molecule has 1 aliphatic rings. The van der Waals surface area contributed by atoms with Gasteiger partial charge in [-0.2, -0.15) is 0 Å². The first-order valence-electron chi connectivity index (χ1n) is 6.65. The van der Waals surface area contributed by atoms with Crippen LogP contribution < -0.4 is 9.80 Å². The van der Waals surface area contributed by atoms with Crippen molar-refractivity contribution in [3.8, 4) is 0 Å². The van der Waals surface area contributed by atoms with E-state index in [2.05, 4.69) is 53.3 Å². The van der Waals surface area contributed by atoms with Crippen molar-refractivity contribution in [2.45, 2.75) is 13.0 Å². The van der Waals surface area contributed by atoms with Gasteiger partial charge in [0.15, 0.2) is 0 Å². The van der Waals surface area contributed by atoms with Gasteiger partial charge in [0.05, 0.1) is 18.6 Å². The van der Waals surface area contributed by atoms with Gasteiger partial charge in [0.2, 0.25) is 0 Å². The van der Waals surface area contributed by atoms with E-state index in [9.17, 15) is 0 Å². The number of fused-ring (bicyclic) bond motifs is 1. The second-order valence-electron chi connectivity index (χ2n) is 5.41. The zero-order valence-electron chi connectivity index (χ0n) is 11.8. The minimum atomic E-state index is 0.894. The molecule has 4 nitrogen and oxygen atoms in total. The third-order valence-corrected chi connectivity index (χ3v) is 3.69. The summed E-state index contributed by atoms with van der Waals surface area (Å²) in [5, 5.41) is 0. The van der Waals surface area contributed by atoms with Crippen molar-refractivity contribution in [3.05, 3.63) is 42.0 Å². The van der Waals surface area contributed by atoms with Gasteiger partial charge in [0, 0.05) is 45.3 Å². The summed E-state index contributed by atoms with van der Waals surface area (Å²) in [7, 11) is 6.18. The van der Waals surface area contributed by atoms with Crippen LogP contribution in [-0.4, -0.2) is 30.2 Å². The van der Waals surface area contributed by atoms with Crippen LogP contribution in [-0.2, 0) is 20.0 Å². The number of hydrogen-bond acceptors (Lipinski definition) is 3. The maximum Gasteiger partial charge on any atom is 0.0947 e. The number of anilines is 2. The van der Waals surface area contributed by atoms with Gasteiger partial charge in [0.1, 0.15) is 0 Å². The summed E-state index contributed by atoms with van der Waals surface area (Å²) < 4.78 is 2.00. The Bertz CT molecular complexity index is 586. The highest BCUT2D eigenvalue weighted by Crippen LogP contribution is 2.32. The minimum absolute atomic E-state index is 0.894. The molecule has 0 amide bonds. The van der Waals surface area contributed by atoms with Gasteiger partial charge in [-0.05, 0) is 24.1 Å². The molecule has 1 aliphatic heterocycles. The van der Waals surface area contributed by atoms with Crippen molar-refractivity contribution < 1.29 is 0 Å².